The summed E-state index contributed by atoms with van der Waals surface area (Å²) in [5.74, 6) is 0. The fraction of sp³-hybridized carbons (Fsp3) is 0.188. The lowest BCUT2D eigenvalue weighted by atomic mass is 10.2. The maximum absolute atomic E-state index is 12.0. The summed E-state index contributed by atoms with van der Waals surface area (Å²) in [6, 6.07) is 15.9. The number of quaternary nitrogens is 1. The predicted octanol–water partition coefficient (Wildman–Crippen LogP) is -0.305. The number of sulfonamides is 1. The minimum absolute atomic E-state index is 0. The smallest absolute Gasteiger partial charge is 0.282 e. The van der Waals surface area contributed by atoms with Gasteiger partial charge in [-0.15, -0.1) is 0 Å². The molecule has 0 atom stereocenters. The van der Waals surface area contributed by atoms with E-state index in [-0.39, 0.29) is 17.3 Å². The van der Waals surface area contributed by atoms with Crippen molar-refractivity contribution in [3.05, 3.63) is 60.2 Å². The van der Waals surface area contributed by atoms with Gasteiger partial charge in [-0.1, -0.05) is 18.2 Å². The molecule has 22 heavy (non-hydrogen) atoms. The minimum atomic E-state index is -3.63. The lowest BCUT2D eigenvalue weighted by Gasteiger charge is -2.23. The second kappa shape index (κ2) is 7.05. The monoisotopic (exact) mass is 338 g/mol. The van der Waals surface area contributed by atoms with Crippen molar-refractivity contribution in [3.63, 3.8) is 0 Å². The Morgan fingerprint density at radius 1 is 0.909 bits per heavy atom. The van der Waals surface area contributed by atoms with E-state index in [2.05, 4.69) is 25.5 Å². The van der Waals surface area contributed by atoms with Gasteiger partial charge in [0.05, 0.1) is 26.0 Å². The highest BCUT2D eigenvalue weighted by atomic mass is 35.5. The van der Waals surface area contributed by atoms with E-state index in [9.17, 15) is 8.42 Å². The highest BCUT2D eigenvalue weighted by molar-refractivity contribution is 7.90. The maximum atomic E-state index is 12.0. The molecule has 4 nitrogen and oxygen atoms in total. The van der Waals surface area contributed by atoms with E-state index in [4.69, 9.17) is 0 Å². The molecule has 0 amide bonds. The number of nitrogens with zero attached hydrogens (tertiary/aromatic N) is 2. The van der Waals surface area contributed by atoms with Crippen molar-refractivity contribution in [1.29, 1.82) is 0 Å². The van der Waals surface area contributed by atoms with Crippen LogP contribution < -0.4 is 16.9 Å². The normalized spacial score (nSPS) is 12.1. The molecule has 0 aliphatic carbocycles. The Balaban J connectivity index is 0.00000242. The summed E-state index contributed by atoms with van der Waals surface area (Å²) in [5, 5.41) is 0. The van der Waals surface area contributed by atoms with Crippen molar-refractivity contribution in [2.24, 2.45) is 4.40 Å². The number of rotatable bonds is 4. The molecule has 0 aliphatic heterocycles. The number of benzene rings is 2. The van der Waals surface area contributed by atoms with Crippen molar-refractivity contribution < 1.29 is 20.8 Å². The molecule has 0 saturated heterocycles. The quantitative estimate of drug-likeness (QED) is 0.567. The van der Waals surface area contributed by atoms with Gasteiger partial charge < -0.3 is 12.4 Å². The van der Waals surface area contributed by atoms with Gasteiger partial charge in [0.15, 0.2) is 0 Å². The van der Waals surface area contributed by atoms with Gasteiger partial charge in [0.1, 0.15) is 5.69 Å². The van der Waals surface area contributed by atoms with E-state index in [1.54, 1.807) is 18.2 Å². The molecule has 0 heterocycles. The zero-order valence-electron chi connectivity index (χ0n) is 12.8. The SMILES string of the molecule is C[N+](C)(C)c1ccc(C=NS(=O)(=O)c2ccccc2)cc1.[Cl-]. The second-order valence-electron chi connectivity index (χ2n) is 5.63. The highest BCUT2D eigenvalue weighted by Crippen LogP contribution is 2.17. The van der Waals surface area contributed by atoms with Crippen LogP contribution in [-0.4, -0.2) is 35.8 Å². The van der Waals surface area contributed by atoms with Crippen molar-refractivity contribution in [2.45, 2.75) is 4.90 Å². The molecule has 0 aliphatic rings. The standard InChI is InChI=1S/C16H19N2O2S.ClH/c1-18(2,3)15-11-9-14(10-12-15)13-17-21(19,20)16-7-5-4-6-8-16;/h4-13H,1-3H3;1H/q+1;/p-1. The maximum Gasteiger partial charge on any atom is 0.282 e. The molecular weight excluding hydrogens is 320 g/mol. The molecular formula is C16H19ClN2O2S. The molecule has 0 N–H and O–H groups in total. The number of halogens is 1. The third-order valence-corrected chi connectivity index (χ3v) is 4.30. The fourth-order valence-corrected chi connectivity index (χ4v) is 2.67. The average molecular weight is 339 g/mol. The Labute approximate surface area is 138 Å². The fourth-order valence-electron chi connectivity index (χ4n) is 1.79. The van der Waals surface area contributed by atoms with Crippen molar-refractivity contribution in [1.82, 2.24) is 4.48 Å². The van der Waals surface area contributed by atoms with Crippen LogP contribution in [0.1, 0.15) is 5.56 Å². The van der Waals surface area contributed by atoms with Crippen molar-refractivity contribution in [2.75, 3.05) is 21.1 Å². The second-order valence-corrected chi connectivity index (χ2v) is 7.26. The van der Waals surface area contributed by atoms with Gasteiger partial charge in [-0.05, 0) is 42.0 Å². The number of hydrogen-bond donors (Lipinski definition) is 0. The van der Waals surface area contributed by atoms with Crippen LogP contribution in [0.3, 0.4) is 0 Å². The van der Waals surface area contributed by atoms with Crippen LogP contribution in [0.4, 0.5) is 5.69 Å². The summed E-state index contributed by atoms with van der Waals surface area (Å²) in [6.45, 7) is 0. The van der Waals surface area contributed by atoms with Crippen LogP contribution in [0.2, 0.25) is 0 Å². The molecule has 6 heteroatoms. The first-order valence-electron chi connectivity index (χ1n) is 6.56. The van der Waals surface area contributed by atoms with E-state index in [0.29, 0.717) is 4.48 Å². The zero-order chi connectivity index (χ0) is 15.5. The van der Waals surface area contributed by atoms with Crippen molar-refractivity contribution in [3.8, 4) is 0 Å². The summed E-state index contributed by atoms with van der Waals surface area (Å²) >= 11 is 0. The molecule has 2 aromatic rings. The lowest BCUT2D eigenvalue weighted by molar-refractivity contribution is -0.00000699. The average Bonchev–Trinajstić information content (AvgIpc) is 2.46. The molecule has 0 fully saturated rings. The molecule has 0 spiro atoms. The molecule has 118 valence electrons. The topological polar surface area (TPSA) is 46.5 Å². The van der Waals surface area contributed by atoms with Gasteiger partial charge in [-0.2, -0.15) is 12.8 Å². The van der Waals surface area contributed by atoms with Gasteiger partial charge in [0, 0.05) is 6.21 Å². The van der Waals surface area contributed by atoms with E-state index < -0.39 is 10.0 Å². The Kier molecular flexibility index (Phi) is 5.88. The molecule has 2 aromatic carbocycles. The minimum Gasteiger partial charge on any atom is -1.00 e. The van der Waals surface area contributed by atoms with E-state index in [0.717, 1.165) is 11.3 Å². The largest absolute Gasteiger partial charge is 1.00 e. The first-order valence-corrected chi connectivity index (χ1v) is 8.00. The van der Waals surface area contributed by atoms with Crippen LogP contribution in [0, 0.1) is 0 Å². The van der Waals surface area contributed by atoms with Crippen LogP contribution in [0.15, 0.2) is 63.9 Å². The van der Waals surface area contributed by atoms with Crippen LogP contribution in [-0.2, 0) is 10.0 Å². The number of hydrogen-bond acceptors (Lipinski definition) is 2. The van der Waals surface area contributed by atoms with E-state index in [1.165, 1.54) is 18.3 Å². The Bertz CT molecular complexity index is 734. The molecule has 0 unspecified atom stereocenters. The van der Waals surface area contributed by atoms with Crippen molar-refractivity contribution >= 4 is 21.9 Å². The van der Waals surface area contributed by atoms with Gasteiger partial charge in [-0.3, -0.25) is 4.48 Å². The van der Waals surface area contributed by atoms with E-state index in [1.807, 2.05) is 24.3 Å². The van der Waals surface area contributed by atoms with Gasteiger partial charge in [-0.25, -0.2) is 0 Å². The predicted molar refractivity (Wildman–Crippen MR) is 87.2 cm³/mol. The summed E-state index contributed by atoms with van der Waals surface area (Å²) in [4.78, 5) is 0.198. The third-order valence-electron chi connectivity index (χ3n) is 3.05. The Morgan fingerprint density at radius 3 is 1.95 bits per heavy atom. The third kappa shape index (κ3) is 4.66. The zero-order valence-corrected chi connectivity index (χ0v) is 14.3. The molecule has 0 aromatic heterocycles. The first-order chi connectivity index (χ1) is 9.79. The summed E-state index contributed by atoms with van der Waals surface area (Å²) in [7, 11) is 2.59. The summed E-state index contributed by atoms with van der Waals surface area (Å²) in [5.41, 5.74) is 1.89. The highest BCUT2D eigenvalue weighted by Gasteiger charge is 2.12. The summed E-state index contributed by atoms with van der Waals surface area (Å²) < 4.78 is 28.5. The summed E-state index contributed by atoms with van der Waals surface area (Å²) in [6.07, 6.45) is 1.38. The van der Waals surface area contributed by atoms with Crippen LogP contribution >= 0.6 is 0 Å². The Morgan fingerprint density at radius 2 is 1.45 bits per heavy atom. The van der Waals surface area contributed by atoms with Crippen LogP contribution in [0.5, 0.6) is 0 Å². The molecule has 2 rings (SSSR count). The molecule has 0 bridgehead atoms. The van der Waals surface area contributed by atoms with Crippen LogP contribution in [0.25, 0.3) is 0 Å². The Hall–Kier alpha value is -1.69. The molecule has 0 saturated carbocycles. The molecule has 0 radical (unpaired) electrons. The van der Waals surface area contributed by atoms with Gasteiger partial charge in [0.2, 0.25) is 0 Å². The van der Waals surface area contributed by atoms with Gasteiger partial charge >= 0.3 is 0 Å². The van der Waals surface area contributed by atoms with Gasteiger partial charge in [0.25, 0.3) is 10.0 Å². The van der Waals surface area contributed by atoms with E-state index >= 15 is 0 Å². The lowest BCUT2D eigenvalue weighted by Crippen LogP contribution is -3.00. The first kappa shape index (κ1) is 18.4.